The molecule has 2 unspecified atom stereocenters. The van der Waals surface area contributed by atoms with E-state index in [9.17, 15) is 4.79 Å². The van der Waals surface area contributed by atoms with Gasteiger partial charge in [0.05, 0.1) is 25.4 Å². The Labute approximate surface area is 90.3 Å². The molecule has 15 heavy (non-hydrogen) atoms. The van der Waals surface area contributed by atoms with Crippen LogP contribution < -0.4 is 0 Å². The number of carbonyl (C=O) groups is 1. The minimum absolute atomic E-state index is 0.0199. The van der Waals surface area contributed by atoms with Crippen molar-refractivity contribution >= 4 is 6.16 Å². The molecule has 0 amide bonds. The zero-order valence-corrected chi connectivity index (χ0v) is 9.56. The van der Waals surface area contributed by atoms with Crippen LogP contribution in [-0.4, -0.2) is 43.8 Å². The van der Waals surface area contributed by atoms with Crippen molar-refractivity contribution in [3.05, 3.63) is 0 Å². The van der Waals surface area contributed by atoms with Crippen LogP contribution in [0.5, 0.6) is 0 Å². The van der Waals surface area contributed by atoms with E-state index < -0.39 is 6.16 Å². The van der Waals surface area contributed by atoms with Crippen molar-refractivity contribution < 1.29 is 24.1 Å². The third-order valence-corrected chi connectivity index (χ3v) is 2.11. The highest BCUT2D eigenvalue weighted by atomic mass is 16.7. The Balaban J connectivity index is 3.47. The summed E-state index contributed by atoms with van der Waals surface area (Å²) in [4.78, 5) is 10.1. The van der Waals surface area contributed by atoms with Crippen LogP contribution in [0.1, 0.15) is 26.7 Å². The van der Waals surface area contributed by atoms with Gasteiger partial charge in [0, 0.05) is 13.5 Å². The van der Waals surface area contributed by atoms with Crippen molar-refractivity contribution in [2.24, 2.45) is 0 Å². The molecule has 0 saturated heterocycles. The van der Waals surface area contributed by atoms with Gasteiger partial charge in [0.15, 0.2) is 0 Å². The second kappa shape index (κ2) is 8.49. The van der Waals surface area contributed by atoms with Gasteiger partial charge in [-0.25, -0.2) is 4.79 Å². The predicted molar refractivity (Wildman–Crippen MR) is 55.1 cm³/mol. The van der Waals surface area contributed by atoms with E-state index in [4.69, 9.17) is 14.6 Å². The predicted octanol–water partition coefficient (Wildman–Crippen LogP) is 1.90. The van der Waals surface area contributed by atoms with Crippen molar-refractivity contribution in [2.75, 3.05) is 20.3 Å². The monoisotopic (exact) mass is 220 g/mol. The molecule has 0 heterocycles. The Morgan fingerprint density at radius 3 is 2.60 bits per heavy atom. The fourth-order valence-electron chi connectivity index (χ4n) is 1.02. The Morgan fingerprint density at radius 1 is 1.47 bits per heavy atom. The van der Waals surface area contributed by atoms with E-state index in [0.717, 1.165) is 6.42 Å². The van der Waals surface area contributed by atoms with Crippen LogP contribution in [0.3, 0.4) is 0 Å². The molecule has 2 atom stereocenters. The molecule has 0 rings (SSSR count). The van der Waals surface area contributed by atoms with Crippen LogP contribution in [-0.2, 0) is 14.2 Å². The molecule has 0 saturated carbocycles. The zero-order valence-electron chi connectivity index (χ0n) is 9.56. The van der Waals surface area contributed by atoms with Gasteiger partial charge < -0.3 is 19.3 Å². The standard InChI is InChI=1S/C10H20O5/c1-4-9(13-3)7-15-8(2)5-6-14-10(11)12/h8-9H,4-7H2,1-3H3,(H,11,12). The van der Waals surface area contributed by atoms with Crippen LogP contribution in [0.2, 0.25) is 0 Å². The quantitative estimate of drug-likeness (QED) is 0.633. The van der Waals surface area contributed by atoms with Gasteiger partial charge in [-0.15, -0.1) is 0 Å². The lowest BCUT2D eigenvalue weighted by Crippen LogP contribution is -2.22. The Bertz CT molecular complexity index is 167. The molecule has 0 aromatic heterocycles. The van der Waals surface area contributed by atoms with Crippen molar-refractivity contribution in [3.63, 3.8) is 0 Å². The molecule has 0 fully saturated rings. The topological polar surface area (TPSA) is 65.0 Å². The first kappa shape index (κ1) is 14.2. The van der Waals surface area contributed by atoms with Gasteiger partial charge in [-0.3, -0.25) is 0 Å². The summed E-state index contributed by atoms with van der Waals surface area (Å²) in [5.41, 5.74) is 0. The van der Waals surface area contributed by atoms with Crippen molar-refractivity contribution in [3.8, 4) is 0 Å². The highest BCUT2D eigenvalue weighted by Crippen LogP contribution is 2.03. The summed E-state index contributed by atoms with van der Waals surface area (Å²) >= 11 is 0. The smallest absolute Gasteiger partial charge is 0.450 e. The van der Waals surface area contributed by atoms with Crippen molar-refractivity contribution in [1.29, 1.82) is 0 Å². The summed E-state index contributed by atoms with van der Waals surface area (Å²) in [7, 11) is 1.65. The Kier molecular flexibility index (Phi) is 8.04. The fourth-order valence-corrected chi connectivity index (χ4v) is 1.02. The molecular weight excluding hydrogens is 200 g/mol. The summed E-state index contributed by atoms with van der Waals surface area (Å²) in [6.07, 6.45) is 0.299. The summed E-state index contributed by atoms with van der Waals surface area (Å²) in [5.74, 6) is 0. The van der Waals surface area contributed by atoms with E-state index in [2.05, 4.69) is 4.74 Å². The molecule has 0 radical (unpaired) electrons. The molecule has 0 aliphatic carbocycles. The molecular formula is C10H20O5. The van der Waals surface area contributed by atoms with Crippen LogP contribution in [0, 0.1) is 0 Å². The van der Waals surface area contributed by atoms with E-state index in [1.54, 1.807) is 7.11 Å². The molecule has 0 aromatic carbocycles. The third-order valence-electron chi connectivity index (χ3n) is 2.11. The molecule has 0 bridgehead atoms. The maximum Gasteiger partial charge on any atom is 0.505 e. The number of hydrogen-bond donors (Lipinski definition) is 1. The lowest BCUT2D eigenvalue weighted by Gasteiger charge is -2.17. The second-order valence-corrected chi connectivity index (χ2v) is 3.31. The lowest BCUT2D eigenvalue weighted by molar-refractivity contribution is -0.0306. The number of ether oxygens (including phenoxy) is 3. The van der Waals surface area contributed by atoms with Crippen molar-refractivity contribution in [2.45, 2.75) is 38.9 Å². The van der Waals surface area contributed by atoms with Crippen LogP contribution in [0.15, 0.2) is 0 Å². The largest absolute Gasteiger partial charge is 0.505 e. The second-order valence-electron chi connectivity index (χ2n) is 3.31. The molecule has 0 aromatic rings. The van der Waals surface area contributed by atoms with E-state index >= 15 is 0 Å². The maximum atomic E-state index is 10.1. The summed E-state index contributed by atoms with van der Waals surface area (Å²) in [6, 6.07) is 0. The van der Waals surface area contributed by atoms with Crippen LogP contribution in [0.25, 0.3) is 0 Å². The van der Waals surface area contributed by atoms with Gasteiger partial charge in [-0.1, -0.05) is 6.92 Å². The zero-order chi connectivity index (χ0) is 11.7. The summed E-state index contributed by atoms with van der Waals surface area (Å²) in [5, 5.41) is 8.24. The van der Waals surface area contributed by atoms with Gasteiger partial charge in [0.1, 0.15) is 0 Å². The summed E-state index contributed by atoms with van der Waals surface area (Å²) in [6.45, 7) is 4.60. The first-order chi connectivity index (χ1) is 7.10. The van der Waals surface area contributed by atoms with E-state index in [-0.39, 0.29) is 18.8 Å². The number of methoxy groups -OCH3 is 1. The molecule has 0 aliphatic rings. The Morgan fingerprint density at radius 2 is 2.13 bits per heavy atom. The lowest BCUT2D eigenvalue weighted by atomic mass is 10.2. The first-order valence-corrected chi connectivity index (χ1v) is 5.10. The van der Waals surface area contributed by atoms with Gasteiger partial charge in [-0.2, -0.15) is 0 Å². The van der Waals surface area contributed by atoms with Gasteiger partial charge in [-0.05, 0) is 13.3 Å². The molecule has 0 aliphatic heterocycles. The molecule has 5 heteroatoms. The van der Waals surface area contributed by atoms with Crippen molar-refractivity contribution in [1.82, 2.24) is 0 Å². The number of hydrogen-bond acceptors (Lipinski definition) is 4. The maximum absolute atomic E-state index is 10.1. The average Bonchev–Trinajstić information content (AvgIpc) is 2.18. The molecule has 90 valence electrons. The minimum Gasteiger partial charge on any atom is -0.450 e. The van der Waals surface area contributed by atoms with Gasteiger partial charge in [0.2, 0.25) is 0 Å². The summed E-state index contributed by atoms with van der Waals surface area (Å²) < 4.78 is 15.0. The minimum atomic E-state index is -1.24. The average molecular weight is 220 g/mol. The van der Waals surface area contributed by atoms with Gasteiger partial charge >= 0.3 is 6.16 Å². The van der Waals surface area contributed by atoms with E-state index in [0.29, 0.717) is 13.0 Å². The first-order valence-electron chi connectivity index (χ1n) is 5.10. The molecule has 5 nitrogen and oxygen atoms in total. The van der Waals surface area contributed by atoms with E-state index in [1.807, 2.05) is 13.8 Å². The SMILES string of the molecule is CCC(COC(C)CCOC(=O)O)OC. The van der Waals surface area contributed by atoms with E-state index in [1.165, 1.54) is 0 Å². The van der Waals surface area contributed by atoms with Gasteiger partial charge in [0.25, 0.3) is 0 Å². The number of carboxylic acid groups (broad SMARTS) is 1. The fraction of sp³-hybridized carbons (Fsp3) is 0.900. The molecule has 0 spiro atoms. The van der Waals surface area contributed by atoms with Crippen LogP contribution >= 0.6 is 0 Å². The Hall–Kier alpha value is -0.810. The number of rotatable bonds is 8. The highest BCUT2D eigenvalue weighted by Gasteiger charge is 2.09. The van der Waals surface area contributed by atoms with Crippen LogP contribution in [0.4, 0.5) is 4.79 Å². The normalized spacial score (nSPS) is 14.6. The molecule has 1 N–H and O–H groups in total. The third kappa shape index (κ3) is 8.20. The highest BCUT2D eigenvalue weighted by molar-refractivity contribution is 5.56.